The molecule has 0 spiro atoms. The summed E-state index contributed by atoms with van der Waals surface area (Å²) in [5.74, 6) is 0.133. The minimum atomic E-state index is -0.323. The molecule has 0 bridgehead atoms. The fourth-order valence-corrected chi connectivity index (χ4v) is 2.55. The van der Waals surface area contributed by atoms with Gasteiger partial charge >= 0.3 is 5.97 Å². The summed E-state index contributed by atoms with van der Waals surface area (Å²) in [6.45, 7) is 4.29. The highest BCUT2D eigenvalue weighted by atomic mass is 16.5. The molecule has 0 fully saturated rings. The van der Waals surface area contributed by atoms with Gasteiger partial charge in [0, 0.05) is 6.08 Å². The van der Waals surface area contributed by atoms with Crippen molar-refractivity contribution < 1.29 is 19.4 Å². The number of phenols is 1. The number of ether oxygens (including phenoxy) is 2. The van der Waals surface area contributed by atoms with Crippen molar-refractivity contribution in [2.75, 3.05) is 7.11 Å². The third-order valence-corrected chi connectivity index (χ3v) is 3.89. The van der Waals surface area contributed by atoms with Crippen LogP contribution < -0.4 is 4.74 Å². The summed E-state index contributed by atoms with van der Waals surface area (Å²) in [7, 11) is 1.49. The highest BCUT2D eigenvalue weighted by Crippen LogP contribution is 2.26. The number of aromatic hydroxyl groups is 1. The maximum atomic E-state index is 12.0. The quantitative estimate of drug-likeness (QED) is 0.348. The molecule has 24 heavy (non-hydrogen) atoms. The van der Waals surface area contributed by atoms with Crippen LogP contribution in [0.25, 0.3) is 6.08 Å². The molecule has 1 atom stereocenters. The second-order valence-corrected chi connectivity index (χ2v) is 5.96. The standard InChI is InChI=1S/C20H30O4/c1-4-6-7-8-10-17(9-5-2)24-20(22)14-12-16-11-13-18(21)19(15-16)23-3/h11-15,17,21H,4-10H2,1-3H3/b14-12+. The van der Waals surface area contributed by atoms with Crippen LogP contribution in [0.4, 0.5) is 0 Å². The van der Waals surface area contributed by atoms with Crippen molar-refractivity contribution in [3.63, 3.8) is 0 Å². The minimum Gasteiger partial charge on any atom is -0.504 e. The van der Waals surface area contributed by atoms with Crippen LogP contribution in [0.3, 0.4) is 0 Å². The van der Waals surface area contributed by atoms with E-state index < -0.39 is 0 Å². The largest absolute Gasteiger partial charge is 0.504 e. The first kappa shape index (κ1) is 20.1. The molecular weight excluding hydrogens is 304 g/mol. The van der Waals surface area contributed by atoms with Gasteiger partial charge in [-0.1, -0.05) is 45.6 Å². The average Bonchev–Trinajstić information content (AvgIpc) is 2.58. The van der Waals surface area contributed by atoms with Crippen molar-refractivity contribution in [2.45, 2.75) is 64.9 Å². The highest BCUT2D eigenvalue weighted by molar-refractivity contribution is 5.87. The van der Waals surface area contributed by atoms with Crippen LogP contribution in [0.5, 0.6) is 11.5 Å². The molecule has 1 unspecified atom stereocenters. The number of phenolic OH excluding ortho intramolecular Hbond substituents is 1. The smallest absolute Gasteiger partial charge is 0.331 e. The normalized spacial score (nSPS) is 12.3. The highest BCUT2D eigenvalue weighted by Gasteiger charge is 2.11. The third kappa shape index (κ3) is 7.53. The van der Waals surface area contributed by atoms with Crippen molar-refractivity contribution in [3.8, 4) is 11.5 Å². The fourth-order valence-electron chi connectivity index (χ4n) is 2.55. The number of hydrogen-bond acceptors (Lipinski definition) is 4. The maximum Gasteiger partial charge on any atom is 0.331 e. The molecule has 1 N–H and O–H groups in total. The van der Waals surface area contributed by atoms with Gasteiger partial charge < -0.3 is 14.6 Å². The molecule has 0 saturated heterocycles. The van der Waals surface area contributed by atoms with Gasteiger partial charge in [0.1, 0.15) is 6.10 Å². The first-order valence-corrected chi connectivity index (χ1v) is 8.86. The maximum absolute atomic E-state index is 12.0. The Bertz CT molecular complexity index is 522. The zero-order valence-corrected chi connectivity index (χ0v) is 15.1. The average molecular weight is 334 g/mol. The number of rotatable bonds is 11. The zero-order chi connectivity index (χ0) is 17.8. The lowest BCUT2D eigenvalue weighted by molar-refractivity contribution is -0.143. The Morgan fingerprint density at radius 1 is 1.17 bits per heavy atom. The molecular formula is C20H30O4. The Labute approximate surface area is 145 Å². The zero-order valence-electron chi connectivity index (χ0n) is 15.1. The van der Waals surface area contributed by atoms with Crippen LogP contribution >= 0.6 is 0 Å². The van der Waals surface area contributed by atoms with Crippen molar-refractivity contribution >= 4 is 12.0 Å². The van der Waals surface area contributed by atoms with E-state index in [-0.39, 0.29) is 17.8 Å². The van der Waals surface area contributed by atoms with Crippen molar-refractivity contribution in [1.29, 1.82) is 0 Å². The van der Waals surface area contributed by atoms with E-state index in [0.29, 0.717) is 5.75 Å². The summed E-state index contributed by atoms with van der Waals surface area (Å²) in [5, 5.41) is 9.57. The molecule has 4 nitrogen and oxygen atoms in total. The number of benzene rings is 1. The summed E-state index contributed by atoms with van der Waals surface area (Å²) < 4.78 is 10.6. The molecule has 1 rings (SSSR count). The summed E-state index contributed by atoms with van der Waals surface area (Å²) in [6.07, 6.45) is 10.7. The lowest BCUT2D eigenvalue weighted by atomic mass is 10.1. The Kier molecular flexibility index (Phi) is 9.66. The van der Waals surface area contributed by atoms with E-state index in [2.05, 4.69) is 13.8 Å². The molecule has 0 heterocycles. The Balaban J connectivity index is 2.54. The van der Waals surface area contributed by atoms with Crippen molar-refractivity contribution in [2.24, 2.45) is 0 Å². The van der Waals surface area contributed by atoms with Gasteiger partial charge in [-0.3, -0.25) is 0 Å². The van der Waals surface area contributed by atoms with E-state index in [4.69, 9.17) is 9.47 Å². The SMILES string of the molecule is CCCCCCC(CCC)OC(=O)/C=C/c1ccc(O)c(OC)c1. The minimum absolute atomic E-state index is 0.00152. The Hall–Kier alpha value is -1.97. The second-order valence-electron chi connectivity index (χ2n) is 5.96. The van der Waals surface area contributed by atoms with E-state index in [1.54, 1.807) is 18.2 Å². The molecule has 1 aromatic carbocycles. The van der Waals surface area contributed by atoms with Gasteiger partial charge in [-0.25, -0.2) is 4.79 Å². The number of methoxy groups -OCH3 is 1. The third-order valence-electron chi connectivity index (χ3n) is 3.89. The van der Waals surface area contributed by atoms with Gasteiger partial charge in [0.2, 0.25) is 0 Å². The van der Waals surface area contributed by atoms with E-state index >= 15 is 0 Å². The summed E-state index contributed by atoms with van der Waals surface area (Å²) in [5.41, 5.74) is 0.775. The van der Waals surface area contributed by atoms with Crippen LogP contribution in [0.15, 0.2) is 24.3 Å². The van der Waals surface area contributed by atoms with Gasteiger partial charge in [-0.2, -0.15) is 0 Å². The number of unbranched alkanes of at least 4 members (excludes halogenated alkanes) is 3. The first-order chi connectivity index (χ1) is 11.6. The summed E-state index contributed by atoms with van der Waals surface area (Å²) in [6, 6.07) is 4.93. The van der Waals surface area contributed by atoms with Crippen LogP contribution in [0.2, 0.25) is 0 Å². The molecule has 0 aliphatic heterocycles. The predicted octanol–water partition coefficient (Wildman–Crippen LogP) is 5.10. The molecule has 1 aromatic rings. The van der Waals surface area contributed by atoms with Gasteiger partial charge in [-0.05, 0) is 43.0 Å². The van der Waals surface area contributed by atoms with Gasteiger partial charge in [0.15, 0.2) is 11.5 Å². The van der Waals surface area contributed by atoms with Crippen molar-refractivity contribution in [1.82, 2.24) is 0 Å². The lowest BCUT2D eigenvalue weighted by Crippen LogP contribution is -2.16. The van der Waals surface area contributed by atoms with Crippen LogP contribution in [-0.4, -0.2) is 24.3 Å². The molecule has 0 radical (unpaired) electrons. The predicted molar refractivity (Wildman–Crippen MR) is 97.2 cm³/mol. The monoisotopic (exact) mass is 334 g/mol. The molecule has 0 aliphatic rings. The molecule has 4 heteroatoms. The van der Waals surface area contributed by atoms with Crippen LogP contribution in [0.1, 0.15) is 64.4 Å². The van der Waals surface area contributed by atoms with Crippen LogP contribution in [0, 0.1) is 0 Å². The topological polar surface area (TPSA) is 55.8 Å². The summed E-state index contributed by atoms with van der Waals surface area (Å²) >= 11 is 0. The molecule has 0 aliphatic carbocycles. The fraction of sp³-hybridized carbons (Fsp3) is 0.550. The van der Waals surface area contributed by atoms with Gasteiger partial charge in [-0.15, -0.1) is 0 Å². The Morgan fingerprint density at radius 3 is 2.62 bits per heavy atom. The molecule has 0 aromatic heterocycles. The van der Waals surface area contributed by atoms with Gasteiger partial charge in [0.25, 0.3) is 0 Å². The lowest BCUT2D eigenvalue weighted by Gasteiger charge is -2.16. The second kappa shape index (κ2) is 11.5. The summed E-state index contributed by atoms with van der Waals surface area (Å²) in [4.78, 5) is 12.0. The van der Waals surface area contributed by atoms with E-state index in [1.807, 2.05) is 0 Å². The number of carbonyl (C=O) groups is 1. The number of hydrogen-bond donors (Lipinski definition) is 1. The molecule has 0 saturated carbocycles. The van der Waals surface area contributed by atoms with Crippen LogP contribution in [-0.2, 0) is 9.53 Å². The first-order valence-electron chi connectivity index (χ1n) is 8.86. The molecule has 0 amide bonds. The number of carbonyl (C=O) groups excluding carboxylic acids is 1. The Morgan fingerprint density at radius 2 is 1.96 bits per heavy atom. The number of esters is 1. The van der Waals surface area contributed by atoms with E-state index in [9.17, 15) is 9.90 Å². The van der Waals surface area contributed by atoms with E-state index in [0.717, 1.165) is 31.2 Å². The van der Waals surface area contributed by atoms with E-state index in [1.165, 1.54) is 38.5 Å². The van der Waals surface area contributed by atoms with Gasteiger partial charge in [0.05, 0.1) is 7.11 Å². The molecule has 134 valence electrons. The van der Waals surface area contributed by atoms with Crippen molar-refractivity contribution in [3.05, 3.63) is 29.8 Å².